The molecule has 0 saturated heterocycles. The molecule has 110 valence electrons. The molecule has 1 heterocycles. The van der Waals surface area contributed by atoms with Crippen LogP contribution in [0.3, 0.4) is 0 Å². The number of amides is 1. The van der Waals surface area contributed by atoms with E-state index in [0.717, 1.165) is 6.20 Å². The lowest BCUT2D eigenvalue weighted by Crippen LogP contribution is -2.40. The summed E-state index contributed by atoms with van der Waals surface area (Å²) < 4.78 is 5.43. The topological polar surface area (TPSA) is 94.4 Å². The number of carbonyl (C=O) groups is 1. The van der Waals surface area contributed by atoms with Gasteiger partial charge in [-0.05, 0) is 26.8 Å². The van der Waals surface area contributed by atoms with Crippen LogP contribution in [0.1, 0.15) is 31.1 Å². The Morgan fingerprint density at radius 2 is 2.25 bits per heavy atom. The number of aromatic nitrogens is 1. The van der Waals surface area contributed by atoms with E-state index < -0.39 is 16.4 Å². The molecule has 1 amide bonds. The van der Waals surface area contributed by atoms with Crippen LogP contribution in [0, 0.1) is 10.1 Å². The number of nitrogens with zero attached hydrogens (tertiary/aromatic N) is 2. The highest BCUT2D eigenvalue weighted by Crippen LogP contribution is 2.20. The van der Waals surface area contributed by atoms with Gasteiger partial charge in [0.1, 0.15) is 16.9 Å². The Bertz CT molecular complexity index is 519. The Labute approximate surface area is 121 Å². The number of nitro groups is 1. The third-order valence-electron chi connectivity index (χ3n) is 2.50. The zero-order valence-electron chi connectivity index (χ0n) is 11.5. The maximum Gasteiger partial charge on any atom is 0.300 e. The van der Waals surface area contributed by atoms with Gasteiger partial charge in [0.25, 0.3) is 11.6 Å². The lowest BCUT2D eigenvalue weighted by atomic mass is 10.1. The molecule has 0 spiro atoms. The van der Waals surface area contributed by atoms with E-state index >= 15 is 0 Å². The van der Waals surface area contributed by atoms with Crippen molar-refractivity contribution in [2.45, 2.75) is 26.4 Å². The number of nitrogens with one attached hydrogen (secondary N) is 1. The van der Waals surface area contributed by atoms with Gasteiger partial charge in [0, 0.05) is 13.2 Å². The molecule has 1 N–H and O–H groups in total. The summed E-state index contributed by atoms with van der Waals surface area (Å²) in [5, 5.41) is 13.5. The number of carbonyl (C=O) groups excluding carboxylic acids is 1. The minimum Gasteiger partial charge on any atom is -0.374 e. The summed E-state index contributed by atoms with van der Waals surface area (Å²) >= 11 is 5.67. The summed E-state index contributed by atoms with van der Waals surface area (Å²) in [6.45, 7) is 6.19. The fraction of sp³-hybridized carbons (Fsp3) is 0.500. The smallest absolute Gasteiger partial charge is 0.300 e. The highest BCUT2D eigenvalue weighted by molar-refractivity contribution is 6.29. The van der Waals surface area contributed by atoms with Crippen molar-refractivity contribution in [3.05, 3.63) is 33.1 Å². The van der Waals surface area contributed by atoms with Gasteiger partial charge in [-0.3, -0.25) is 14.9 Å². The Hall–Kier alpha value is -1.73. The molecule has 0 bridgehead atoms. The second-order valence-corrected chi connectivity index (χ2v) is 5.04. The van der Waals surface area contributed by atoms with Gasteiger partial charge in [-0.25, -0.2) is 4.98 Å². The van der Waals surface area contributed by atoms with Gasteiger partial charge in [0.2, 0.25) is 0 Å². The normalized spacial score (nSPS) is 11.2. The zero-order valence-corrected chi connectivity index (χ0v) is 12.2. The summed E-state index contributed by atoms with van der Waals surface area (Å²) in [7, 11) is 0. The average Bonchev–Trinajstić information content (AvgIpc) is 2.35. The molecule has 0 saturated carbocycles. The van der Waals surface area contributed by atoms with E-state index in [2.05, 4.69) is 10.3 Å². The van der Waals surface area contributed by atoms with Crippen molar-refractivity contribution < 1.29 is 14.5 Å². The molecule has 20 heavy (non-hydrogen) atoms. The highest BCUT2D eigenvalue weighted by atomic mass is 35.5. The number of rotatable bonds is 6. The summed E-state index contributed by atoms with van der Waals surface area (Å²) in [6.07, 6.45) is 0.963. The minimum atomic E-state index is -0.675. The van der Waals surface area contributed by atoms with Crippen molar-refractivity contribution in [1.82, 2.24) is 10.3 Å². The zero-order chi connectivity index (χ0) is 15.3. The molecule has 1 rings (SSSR count). The molecule has 0 unspecified atom stereocenters. The van der Waals surface area contributed by atoms with Crippen molar-refractivity contribution in [2.24, 2.45) is 0 Å². The fourth-order valence-corrected chi connectivity index (χ4v) is 1.74. The maximum atomic E-state index is 12.0. The van der Waals surface area contributed by atoms with Gasteiger partial charge in [-0.2, -0.15) is 0 Å². The third kappa shape index (κ3) is 4.43. The molecule has 8 heteroatoms. The summed E-state index contributed by atoms with van der Waals surface area (Å²) in [6, 6.07) is 1.17. The average molecular weight is 302 g/mol. The molecule has 0 fully saturated rings. The van der Waals surface area contributed by atoms with Gasteiger partial charge in [-0.15, -0.1) is 0 Å². The van der Waals surface area contributed by atoms with Gasteiger partial charge in [0.15, 0.2) is 0 Å². The van der Waals surface area contributed by atoms with E-state index in [1.807, 2.05) is 20.8 Å². The van der Waals surface area contributed by atoms with E-state index in [1.54, 1.807) is 0 Å². The van der Waals surface area contributed by atoms with Crippen molar-refractivity contribution in [3.8, 4) is 0 Å². The molecular formula is C12H16ClN3O4. The molecular weight excluding hydrogens is 286 g/mol. The van der Waals surface area contributed by atoms with Crippen molar-refractivity contribution in [3.63, 3.8) is 0 Å². The van der Waals surface area contributed by atoms with Crippen LogP contribution in [0.4, 0.5) is 5.69 Å². The Kier molecular flexibility index (Phi) is 5.41. The standard InChI is InChI=1S/C12H16ClN3O4/c1-4-20-12(2,3)7-15-11(17)8-5-10(13)14-6-9(8)16(18)19/h5-6H,4,7H2,1-3H3,(H,15,17). The quantitative estimate of drug-likeness (QED) is 0.494. The number of pyridine rings is 1. The molecule has 0 radical (unpaired) electrons. The third-order valence-corrected chi connectivity index (χ3v) is 2.71. The van der Waals surface area contributed by atoms with Gasteiger partial charge in [0.05, 0.1) is 10.5 Å². The van der Waals surface area contributed by atoms with Crippen LogP contribution in [0.5, 0.6) is 0 Å². The Morgan fingerprint density at radius 1 is 1.60 bits per heavy atom. The molecule has 0 aliphatic heterocycles. The van der Waals surface area contributed by atoms with Crippen LogP contribution in [0.15, 0.2) is 12.3 Å². The van der Waals surface area contributed by atoms with Gasteiger partial charge < -0.3 is 10.1 Å². The Morgan fingerprint density at radius 3 is 2.80 bits per heavy atom. The van der Waals surface area contributed by atoms with Crippen molar-refractivity contribution in [1.29, 1.82) is 0 Å². The van der Waals surface area contributed by atoms with Crippen molar-refractivity contribution in [2.75, 3.05) is 13.2 Å². The van der Waals surface area contributed by atoms with Crippen LogP contribution in [0.25, 0.3) is 0 Å². The molecule has 0 atom stereocenters. The van der Waals surface area contributed by atoms with Gasteiger partial charge >= 0.3 is 0 Å². The van der Waals surface area contributed by atoms with E-state index in [-0.39, 0.29) is 22.9 Å². The monoisotopic (exact) mass is 301 g/mol. The number of ether oxygens (including phenoxy) is 1. The molecule has 0 aliphatic carbocycles. The van der Waals surface area contributed by atoms with E-state index in [1.165, 1.54) is 6.07 Å². The SMILES string of the molecule is CCOC(C)(C)CNC(=O)c1cc(Cl)ncc1[N+](=O)[O-]. The number of halogens is 1. The minimum absolute atomic E-state index is 0.0184. The molecule has 1 aromatic heterocycles. The summed E-state index contributed by atoms with van der Waals surface area (Å²) in [5.41, 5.74) is -1.07. The predicted molar refractivity (Wildman–Crippen MR) is 73.9 cm³/mol. The maximum absolute atomic E-state index is 12.0. The van der Waals surface area contributed by atoms with E-state index in [9.17, 15) is 14.9 Å². The van der Waals surface area contributed by atoms with Crippen LogP contribution < -0.4 is 5.32 Å². The summed E-state index contributed by atoms with van der Waals surface area (Å²) in [4.78, 5) is 25.8. The first-order chi connectivity index (χ1) is 9.26. The van der Waals surface area contributed by atoms with E-state index in [0.29, 0.717) is 6.61 Å². The fourth-order valence-electron chi connectivity index (χ4n) is 1.58. The van der Waals surface area contributed by atoms with Crippen LogP contribution >= 0.6 is 11.6 Å². The van der Waals surface area contributed by atoms with Crippen LogP contribution in [0.2, 0.25) is 5.15 Å². The number of hydrogen-bond acceptors (Lipinski definition) is 5. The largest absolute Gasteiger partial charge is 0.374 e. The lowest BCUT2D eigenvalue weighted by molar-refractivity contribution is -0.385. The second kappa shape index (κ2) is 6.62. The number of hydrogen-bond donors (Lipinski definition) is 1. The molecule has 7 nitrogen and oxygen atoms in total. The van der Waals surface area contributed by atoms with Crippen molar-refractivity contribution >= 4 is 23.2 Å². The first kappa shape index (κ1) is 16.3. The predicted octanol–water partition coefficient (Wildman–Crippen LogP) is 2.19. The Balaban J connectivity index is 2.87. The lowest BCUT2D eigenvalue weighted by Gasteiger charge is -2.24. The second-order valence-electron chi connectivity index (χ2n) is 4.66. The first-order valence-electron chi connectivity index (χ1n) is 5.99. The molecule has 1 aromatic rings. The molecule has 0 aliphatic rings. The molecule has 0 aromatic carbocycles. The summed E-state index contributed by atoms with van der Waals surface area (Å²) in [5.74, 6) is -0.589. The highest BCUT2D eigenvalue weighted by Gasteiger charge is 2.24. The van der Waals surface area contributed by atoms with Crippen LogP contribution in [-0.2, 0) is 4.74 Å². The first-order valence-corrected chi connectivity index (χ1v) is 6.36. The van der Waals surface area contributed by atoms with Crippen LogP contribution in [-0.4, -0.2) is 34.6 Å². The van der Waals surface area contributed by atoms with Gasteiger partial charge in [-0.1, -0.05) is 11.6 Å². The van der Waals surface area contributed by atoms with E-state index in [4.69, 9.17) is 16.3 Å².